The summed E-state index contributed by atoms with van der Waals surface area (Å²) in [7, 11) is 0. The van der Waals surface area contributed by atoms with Crippen molar-refractivity contribution in [3.05, 3.63) is 151 Å². The monoisotopic (exact) mass is 578 g/mol. The maximum absolute atomic E-state index is 6.54. The lowest BCUT2D eigenvalue weighted by Crippen LogP contribution is -2.31. The number of furan rings is 2. The van der Waals surface area contributed by atoms with E-state index in [-0.39, 0.29) is 6.17 Å². The van der Waals surface area contributed by atoms with Gasteiger partial charge in [-0.3, -0.25) is 0 Å². The third-order valence-corrected chi connectivity index (χ3v) is 9.21. The van der Waals surface area contributed by atoms with Crippen molar-refractivity contribution in [2.45, 2.75) is 6.17 Å². The van der Waals surface area contributed by atoms with Crippen molar-refractivity contribution in [3.8, 4) is 22.3 Å². The highest BCUT2D eigenvalue weighted by Gasteiger charge is 2.23. The zero-order valence-electron chi connectivity index (χ0n) is 24.2. The van der Waals surface area contributed by atoms with Crippen molar-refractivity contribution < 1.29 is 8.83 Å². The van der Waals surface area contributed by atoms with Gasteiger partial charge in [-0.2, -0.15) is 0 Å². The van der Waals surface area contributed by atoms with Gasteiger partial charge in [0.1, 0.15) is 28.5 Å². The van der Waals surface area contributed by atoms with Crippen molar-refractivity contribution in [1.29, 1.82) is 0 Å². The quantitative estimate of drug-likeness (QED) is 0.226. The molecule has 0 amide bonds. The van der Waals surface area contributed by atoms with Gasteiger partial charge in [-0.1, -0.05) is 84.9 Å². The van der Waals surface area contributed by atoms with Crippen molar-refractivity contribution in [3.63, 3.8) is 0 Å². The molecule has 2 aliphatic heterocycles. The van der Waals surface area contributed by atoms with Gasteiger partial charge in [-0.25, -0.2) is 0 Å². The van der Waals surface area contributed by atoms with Gasteiger partial charge in [0, 0.05) is 33.9 Å². The number of nitrogens with zero attached hydrogens (tertiary/aromatic N) is 1. The van der Waals surface area contributed by atoms with E-state index >= 15 is 0 Å². The van der Waals surface area contributed by atoms with Gasteiger partial charge in [0.15, 0.2) is 0 Å². The Morgan fingerprint density at radius 3 is 1.91 bits per heavy atom. The Morgan fingerprint density at radius 1 is 0.533 bits per heavy atom. The second-order valence-electron chi connectivity index (χ2n) is 11.9. The average molecular weight is 579 g/mol. The van der Waals surface area contributed by atoms with Crippen LogP contribution >= 0.6 is 0 Å². The Hall–Kier alpha value is -6.00. The minimum Gasteiger partial charge on any atom is -0.455 e. The van der Waals surface area contributed by atoms with Crippen LogP contribution in [-0.4, -0.2) is 11.1 Å². The summed E-state index contributed by atoms with van der Waals surface area (Å²) in [6.45, 7) is 0. The third-order valence-electron chi connectivity index (χ3n) is 9.21. The van der Waals surface area contributed by atoms with E-state index in [9.17, 15) is 0 Å². The number of hydrogen-bond acceptors (Lipinski definition) is 4. The Bertz CT molecular complexity index is 2510. The molecule has 0 radical (unpaired) electrons. The summed E-state index contributed by atoms with van der Waals surface area (Å²) < 4.78 is 13.1. The smallest absolute Gasteiger partial charge is 0.147 e. The van der Waals surface area contributed by atoms with Gasteiger partial charge in [0.2, 0.25) is 0 Å². The zero-order chi connectivity index (χ0) is 29.5. The number of hydrogen-bond donors (Lipinski definition) is 1. The van der Waals surface area contributed by atoms with E-state index in [0.29, 0.717) is 0 Å². The molecule has 2 aliphatic rings. The van der Waals surface area contributed by atoms with Gasteiger partial charge in [-0.15, -0.1) is 0 Å². The summed E-state index contributed by atoms with van der Waals surface area (Å²) in [5.41, 5.74) is 10.2. The summed E-state index contributed by atoms with van der Waals surface area (Å²) >= 11 is 0. The summed E-state index contributed by atoms with van der Waals surface area (Å²) in [6, 6.07) is 40.9. The van der Waals surface area contributed by atoms with Gasteiger partial charge < -0.3 is 19.1 Å². The molecule has 4 heteroatoms. The van der Waals surface area contributed by atoms with Gasteiger partial charge in [-0.05, 0) is 81.6 Å². The zero-order valence-corrected chi connectivity index (χ0v) is 24.2. The van der Waals surface area contributed by atoms with Crippen LogP contribution in [-0.2, 0) is 0 Å². The average Bonchev–Trinajstić information content (AvgIpc) is 3.80. The number of allylic oxidation sites excluding steroid dienone is 2. The first-order valence-corrected chi connectivity index (χ1v) is 15.3. The van der Waals surface area contributed by atoms with E-state index in [0.717, 1.165) is 60.7 Å². The number of rotatable bonds is 3. The highest BCUT2D eigenvalue weighted by molar-refractivity contribution is 6.22. The Balaban J connectivity index is 1.10. The maximum Gasteiger partial charge on any atom is 0.147 e. The molecule has 1 atom stereocenters. The van der Waals surface area contributed by atoms with E-state index in [1.807, 2.05) is 24.3 Å². The lowest BCUT2D eigenvalue weighted by Gasteiger charge is -2.20. The highest BCUT2D eigenvalue weighted by atomic mass is 16.3. The molecule has 0 aliphatic carbocycles. The predicted molar refractivity (Wildman–Crippen MR) is 184 cm³/mol. The first kappa shape index (κ1) is 24.4. The molecule has 0 saturated carbocycles. The summed E-state index contributed by atoms with van der Waals surface area (Å²) in [6.07, 6.45) is 10.8. The SMILES string of the molecule is C1=CC2NC(c3cccc(-c4ccc5cc(-c6c7oc8ccccc8c7cc7c6oc6ccccc67)ccc5c4)c3)=CN2C=C1. The minimum atomic E-state index is 0.176. The minimum absolute atomic E-state index is 0.176. The predicted octanol–water partition coefficient (Wildman–Crippen LogP) is 10.6. The lowest BCUT2D eigenvalue weighted by atomic mass is 9.95. The summed E-state index contributed by atoms with van der Waals surface area (Å²) in [4.78, 5) is 2.20. The van der Waals surface area contributed by atoms with Crippen LogP contribution in [0.2, 0.25) is 0 Å². The molecule has 1 N–H and O–H groups in total. The number of fused-ring (bicyclic) bond motifs is 8. The van der Waals surface area contributed by atoms with E-state index < -0.39 is 0 Å². The molecular formula is C41H26N2O2. The Labute approximate surface area is 258 Å². The molecule has 6 aromatic carbocycles. The third kappa shape index (κ3) is 3.72. The highest BCUT2D eigenvalue weighted by Crippen LogP contribution is 2.45. The van der Waals surface area contributed by atoms with Gasteiger partial charge in [0.25, 0.3) is 0 Å². The maximum atomic E-state index is 6.54. The molecule has 0 spiro atoms. The molecule has 212 valence electrons. The molecule has 1 unspecified atom stereocenters. The number of benzene rings is 6. The van der Waals surface area contributed by atoms with Crippen LogP contribution in [0.1, 0.15) is 5.56 Å². The molecule has 45 heavy (non-hydrogen) atoms. The summed E-state index contributed by atoms with van der Waals surface area (Å²) in [5, 5.41) is 10.4. The molecule has 10 rings (SSSR count). The molecule has 0 saturated heterocycles. The van der Waals surface area contributed by atoms with Crippen LogP contribution in [0.4, 0.5) is 0 Å². The van der Waals surface area contributed by atoms with Crippen LogP contribution in [0.5, 0.6) is 0 Å². The molecule has 8 aromatic rings. The normalized spacial score (nSPS) is 15.9. The number of para-hydroxylation sites is 2. The molecule has 4 heterocycles. The van der Waals surface area contributed by atoms with Crippen LogP contribution in [0.15, 0.2) is 155 Å². The summed E-state index contributed by atoms with van der Waals surface area (Å²) in [5.74, 6) is 0. The fraction of sp³-hybridized carbons (Fsp3) is 0.0244. The van der Waals surface area contributed by atoms with E-state index in [4.69, 9.17) is 8.83 Å². The largest absolute Gasteiger partial charge is 0.455 e. The van der Waals surface area contributed by atoms with Gasteiger partial charge >= 0.3 is 0 Å². The van der Waals surface area contributed by atoms with Crippen LogP contribution in [0.3, 0.4) is 0 Å². The molecule has 0 bridgehead atoms. The van der Waals surface area contributed by atoms with Crippen LogP contribution in [0, 0.1) is 0 Å². The van der Waals surface area contributed by atoms with Gasteiger partial charge in [0.05, 0.1) is 11.3 Å². The van der Waals surface area contributed by atoms with E-state index in [1.165, 1.54) is 27.5 Å². The fourth-order valence-electron chi connectivity index (χ4n) is 7.01. The van der Waals surface area contributed by atoms with Crippen molar-refractivity contribution >= 4 is 60.3 Å². The standard InChI is InChI=1S/C41H26N2O2/c1-3-12-36-31(10-1)33-23-34-32-11-2-4-13-37(32)45-41(34)39(40(33)44-36)30-18-17-27-20-26(15-16-28(27)22-30)25-8-7-9-29(21-25)35-24-43-19-6-5-14-38(43)42-35/h1-24,38,42H. The first-order chi connectivity index (χ1) is 22.3. The van der Waals surface area contributed by atoms with Crippen molar-refractivity contribution in [2.75, 3.05) is 0 Å². The fourth-order valence-corrected chi connectivity index (χ4v) is 7.01. The Kier molecular flexibility index (Phi) is 5.02. The topological polar surface area (TPSA) is 41.6 Å². The molecule has 0 fully saturated rings. The number of nitrogens with one attached hydrogen (secondary N) is 1. The Morgan fingerprint density at radius 2 is 1.18 bits per heavy atom. The molecule has 4 nitrogen and oxygen atoms in total. The van der Waals surface area contributed by atoms with E-state index in [2.05, 4.69) is 132 Å². The van der Waals surface area contributed by atoms with Crippen molar-refractivity contribution in [1.82, 2.24) is 10.2 Å². The molecular weight excluding hydrogens is 552 g/mol. The van der Waals surface area contributed by atoms with Crippen LogP contribution in [0.25, 0.3) is 82.6 Å². The second kappa shape index (κ2) is 9.25. The van der Waals surface area contributed by atoms with Crippen LogP contribution < -0.4 is 5.32 Å². The van der Waals surface area contributed by atoms with Crippen molar-refractivity contribution in [2.24, 2.45) is 0 Å². The van der Waals surface area contributed by atoms with E-state index in [1.54, 1.807) is 0 Å². The lowest BCUT2D eigenvalue weighted by molar-refractivity contribution is 0.427. The second-order valence-corrected chi connectivity index (χ2v) is 11.9. The molecule has 2 aromatic heterocycles. The first-order valence-electron chi connectivity index (χ1n) is 15.3.